The molecule has 88 valence electrons. The van der Waals surface area contributed by atoms with Crippen molar-refractivity contribution in [2.45, 2.75) is 20.3 Å². The molecule has 0 bridgehead atoms. The topological polar surface area (TPSA) is 61.0 Å². The van der Waals surface area contributed by atoms with Crippen LogP contribution in [0.2, 0.25) is 0 Å². The summed E-state index contributed by atoms with van der Waals surface area (Å²) < 4.78 is 5.66. The maximum absolute atomic E-state index is 5.84. The molecule has 2 rings (SSSR count). The van der Waals surface area contributed by atoms with E-state index in [0.717, 1.165) is 17.7 Å². The van der Waals surface area contributed by atoms with Gasteiger partial charge in [-0.25, -0.2) is 9.97 Å². The minimum Gasteiger partial charge on any atom is -0.437 e. The average Bonchev–Trinajstić information content (AvgIpc) is 2.34. The molecule has 0 amide bonds. The summed E-state index contributed by atoms with van der Waals surface area (Å²) in [6.07, 6.45) is 2.35. The van der Waals surface area contributed by atoms with E-state index in [1.807, 2.05) is 38.1 Å². The predicted molar refractivity (Wildman–Crippen MR) is 67.1 cm³/mol. The molecule has 0 saturated heterocycles. The highest BCUT2D eigenvalue weighted by molar-refractivity contribution is 5.54. The van der Waals surface area contributed by atoms with Crippen molar-refractivity contribution >= 4 is 5.69 Å². The van der Waals surface area contributed by atoms with Gasteiger partial charge in [-0.2, -0.15) is 0 Å². The number of nitrogens with zero attached hydrogens (tertiary/aromatic N) is 2. The van der Waals surface area contributed by atoms with Crippen LogP contribution in [-0.4, -0.2) is 9.97 Å². The van der Waals surface area contributed by atoms with Crippen molar-refractivity contribution in [3.8, 4) is 11.6 Å². The van der Waals surface area contributed by atoms with Crippen LogP contribution >= 0.6 is 0 Å². The second kappa shape index (κ2) is 4.82. The fraction of sp³-hybridized carbons (Fsp3) is 0.231. The standard InChI is InChI=1S/C13H15N3O/c1-3-10-7-13(16-8-15-10)17-12-6-9(2)4-5-11(12)14/h4-8H,3,14H2,1-2H3. The summed E-state index contributed by atoms with van der Waals surface area (Å²) in [5.74, 6) is 1.15. The van der Waals surface area contributed by atoms with Crippen molar-refractivity contribution in [1.82, 2.24) is 9.97 Å². The van der Waals surface area contributed by atoms with Crippen LogP contribution in [0.3, 0.4) is 0 Å². The van der Waals surface area contributed by atoms with Crippen molar-refractivity contribution in [3.05, 3.63) is 41.9 Å². The van der Waals surface area contributed by atoms with Gasteiger partial charge in [-0.1, -0.05) is 13.0 Å². The first-order valence-corrected chi connectivity index (χ1v) is 5.54. The SMILES string of the molecule is CCc1cc(Oc2cc(C)ccc2N)ncn1. The highest BCUT2D eigenvalue weighted by atomic mass is 16.5. The molecular formula is C13H15N3O. The summed E-state index contributed by atoms with van der Waals surface area (Å²) in [6.45, 7) is 4.02. The van der Waals surface area contributed by atoms with E-state index in [9.17, 15) is 0 Å². The molecule has 2 N–H and O–H groups in total. The van der Waals surface area contributed by atoms with Crippen molar-refractivity contribution in [1.29, 1.82) is 0 Å². The molecule has 0 fully saturated rings. The number of aromatic nitrogens is 2. The molecule has 4 heteroatoms. The zero-order chi connectivity index (χ0) is 12.3. The van der Waals surface area contributed by atoms with Gasteiger partial charge in [-0.05, 0) is 31.0 Å². The van der Waals surface area contributed by atoms with E-state index >= 15 is 0 Å². The quantitative estimate of drug-likeness (QED) is 0.822. The van der Waals surface area contributed by atoms with E-state index < -0.39 is 0 Å². The van der Waals surface area contributed by atoms with Gasteiger partial charge in [-0.15, -0.1) is 0 Å². The Morgan fingerprint density at radius 3 is 2.82 bits per heavy atom. The normalized spacial score (nSPS) is 10.2. The van der Waals surface area contributed by atoms with E-state index in [1.165, 1.54) is 6.33 Å². The van der Waals surface area contributed by atoms with Gasteiger partial charge in [-0.3, -0.25) is 0 Å². The first-order chi connectivity index (χ1) is 8.19. The number of ether oxygens (including phenoxy) is 1. The summed E-state index contributed by atoms with van der Waals surface area (Å²) >= 11 is 0. The molecule has 0 aliphatic carbocycles. The molecule has 4 nitrogen and oxygen atoms in total. The maximum atomic E-state index is 5.84. The molecule has 0 unspecified atom stereocenters. The fourth-order valence-corrected chi connectivity index (χ4v) is 1.47. The minimum absolute atomic E-state index is 0.522. The molecule has 0 aliphatic rings. The van der Waals surface area contributed by atoms with Crippen molar-refractivity contribution < 1.29 is 4.74 Å². The molecule has 2 aromatic rings. The molecule has 0 spiro atoms. The van der Waals surface area contributed by atoms with Crippen LogP contribution < -0.4 is 10.5 Å². The number of benzene rings is 1. The summed E-state index contributed by atoms with van der Waals surface area (Å²) in [4.78, 5) is 8.18. The largest absolute Gasteiger partial charge is 0.437 e. The van der Waals surface area contributed by atoms with Crippen LogP contribution in [0, 0.1) is 6.92 Å². The second-order valence-electron chi connectivity index (χ2n) is 3.84. The van der Waals surface area contributed by atoms with Crippen molar-refractivity contribution in [2.24, 2.45) is 0 Å². The highest BCUT2D eigenvalue weighted by Gasteiger charge is 2.04. The Labute approximate surface area is 100 Å². The summed E-state index contributed by atoms with van der Waals surface area (Å²) in [5, 5.41) is 0. The Bertz CT molecular complexity index is 526. The number of rotatable bonds is 3. The van der Waals surface area contributed by atoms with Gasteiger partial charge in [0, 0.05) is 11.8 Å². The third-order valence-corrected chi connectivity index (χ3v) is 2.44. The Morgan fingerprint density at radius 2 is 2.06 bits per heavy atom. The van der Waals surface area contributed by atoms with Gasteiger partial charge in [0.25, 0.3) is 0 Å². The minimum atomic E-state index is 0.522. The number of nitrogen functional groups attached to an aromatic ring is 1. The van der Waals surface area contributed by atoms with E-state index in [4.69, 9.17) is 10.5 Å². The summed E-state index contributed by atoms with van der Waals surface area (Å²) in [5.41, 5.74) is 8.49. The van der Waals surface area contributed by atoms with Crippen LogP contribution in [0.4, 0.5) is 5.69 Å². The van der Waals surface area contributed by atoms with E-state index in [0.29, 0.717) is 17.3 Å². The lowest BCUT2D eigenvalue weighted by molar-refractivity contribution is 0.462. The number of anilines is 1. The van der Waals surface area contributed by atoms with Crippen LogP contribution in [0.25, 0.3) is 0 Å². The summed E-state index contributed by atoms with van der Waals surface area (Å²) in [7, 11) is 0. The third kappa shape index (κ3) is 2.72. The molecule has 0 radical (unpaired) electrons. The molecule has 1 aromatic heterocycles. The number of nitrogens with two attached hydrogens (primary N) is 1. The lowest BCUT2D eigenvalue weighted by Gasteiger charge is -2.08. The second-order valence-corrected chi connectivity index (χ2v) is 3.84. The first kappa shape index (κ1) is 11.4. The summed E-state index contributed by atoms with van der Waals surface area (Å²) in [6, 6.07) is 7.48. The molecule has 17 heavy (non-hydrogen) atoms. The Morgan fingerprint density at radius 1 is 1.24 bits per heavy atom. The maximum Gasteiger partial charge on any atom is 0.222 e. The lowest BCUT2D eigenvalue weighted by atomic mass is 10.2. The number of hydrogen-bond donors (Lipinski definition) is 1. The molecule has 1 heterocycles. The monoisotopic (exact) mass is 229 g/mol. The molecule has 0 atom stereocenters. The van der Waals surface area contributed by atoms with E-state index in [2.05, 4.69) is 9.97 Å². The van der Waals surface area contributed by atoms with Gasteiger partial charge in [0.1, 0.15) is 6.33 Å². The molecular weight excluding hydrogens is 214 g/mol. The predicted octanol–water partition coefficient (Wildman–Crippen LogP) is 2.72. The van der Waals surface area contributed by atoms with Crippen LogP contribution in [0.1, 0.15) is 18.2 Å². The Hall–Kier alpha value is -2.10. The smallest absolute Gasteiger partial charge is 0.222 e. The third-order valence-electron chi connectivity index (χ3n) is 2.44. The van der Waals surface area contributed by atoms with Gasteiger partial charge < -0.3 is 10.5 Å². The van der Waals surface area contributed by atoms with E-state index in [1.54, 1.807) is 0 Å². The zero-order valence-corrected chi connectivity index (χ0v) is 9.97. The van der Waals surface area contributed by atoms with Gasteiger partial charge >= 0.3 is 0 Å². The van der Waals surface area contributed by atoms with Gasteiger partial charge in [0.05, 0.1) is 5.69 Å². The molecule has 0 aliphatic heterocycles. The van der Waals surface area contributed by atoms with Gasteiger partial charge in [0.15, 0.2) is 5.75 Å². The Balaban J connectivity index is 2.27. The molecule has 1 aromatic carbocycles. The van der Waals surface area contributed by atoms with Crippen LogP contribution in [0.5, 0.6) is 11.6 Å². The van der Waals surface area contributed by atoms with Crippen molar-refractivity contribution in [3.63, 3.8) is 0 Å². The fourth-order valence-electron chi connectivity index (χ4n) is 1.47. The lowest BCUT2D eigenvalue weighted by Crippen LogP contribution is -1.96. The molecule has 0 saturated carbocycles. The van der Waals surface area contributed by atoms with Crippen molar-refractivity contribution in [2.75, 3.05) is 5.73 Å². The zero-order valence-electron chi connectivity index (χ0n) is 9.97. The van der Waals surface area contributed by atoms with E-state index in [-0.39, 0.29) is 0 Å². The number of hydrogen-bond acceptors (Lipinski definition) is 4. The highest BCUT2D eigenvalue weighted by Crippen LogP contribution is 2.27. The van der Waals surface area contributed by atoms with Crippen LogP contribution in [-0.2, 0) is 6.42 Å². The van der Waals surface area contributed by atoms with Crippen LogP contribution in [0.15, 0.2) is 30.6 Å². The van der Waals surface area contributed by atoms with Gasteiger partial charge in [0.2, 0.25) is 5.88 Å². The Kier molecular flexibility index (Phi) is 3.23. The first-order valence-electron chi connectivity index (χ1n) is 5.54. The average molecular weight is 229 g/mol. The number of aryl methyl sites for hydroxylation is 2.